The molecular formula is C17H13NO4. The predicted octanol–water partition coefficient (Wildman–Crippen LogP) is 2.35. The number of para-hydroxylation sites is 1. The Morgan fingerprint density at radius 1 is 1.05 bits per heavy atom. The van der Waals surface area contributed by atoms with Gasteiger partial charge < -0.3 is 9.47 Å². The van der Waals surface area contributed by atoms with Crippen molar-refractivity contribution < 1.29 is 19.1 Å². The van der Waals surface area contributed by atoms with Crippen LogP contribution < -0.4 is 4.74 Å². The first-order valence-corrected chi connectivity index (χ1v) is 6.74. The second-order valence-corrected chi connectivity index (χ2v) is 4.95. The molecule has 0 saturated heterocycles. The number of rotatable bonds is 3. The fraction of sp³-hybridized carbons (Fsp3) is 0.118. The normalized spacial score (nSPS) is 20.2. The predicted molar refractivity (Wildman–Crippen MR) is 79.6 cm³/mol. The van der Waals surface area contributed by atoms with Crippen LogP contribution >= 0.6 is 0 Å². The average molecular weight is 295 g/mol. The van der Waals surface area contributed by atoms with E-state index < -0.39 is 17.5 Å². The minimum Gasteiger partial charge on any atom is -0.424 e. The summed E-state index contributed by atoms with van der Waals surface area (Å²) in [5.74, 6) is -1.04. The van der Waals surface area contributed by atoms with E-state index in [-0.39, 0.29) is 5.90 Å². The molecule has 0 saturated carbocycles. The number of esters is 2. The van der Waals surface area contributed by atoms with Crippen molar-refractivity contribution >= 4 is 17.8 Å². The summed E-state index contributed by atoms with van der Waals surface area (Å²) in [4.78, 5) is 28.5. The van der Waals surface area contributed by atoms with Crippen LogP contribution in [0.4, 0.5) is 0 Å². The first kappa shape index (κ1) is 14.0. The first-order valence-electron chi connectivity index (χ1n) is 6.74. The molecule has 2 aromatic carbocycles. The van der Waals surface area contributed by atoms with Gasteiger partial charge in [0, 0.05) is 5.56 Å². The van der Waals surface area contributed by atoms with Gasteiger partial charge in [0.25, 0.3) is 5.54 Å². The second kappa shape index (κ2) is 5.44. The summed E-state index contributed by atoms with van der Waals surface area (Å²) in [5, 5.41) is 0. The maximum atomic E-state index is 12.3. The summed E-state index contributed by atoms with van der Waals surface area (Å²) in [7, 11) is 0. The Hall–Kier alpha value is -2.95. The molecule has 0 N–H and O–H groups in total. The molecule has 5 heteroatoms. The molecule has 22 heavy (non-hydrogen) atoms. The van der Waals surface area contributed by atoms with Crippen molar-refractivity contribution in [3.8, 4) is 5.75 Å². The molecule has 1 aliphatic heterocycles. The van der Waals surface area contributed by atoms with Crippen LogP contribution in [0.25, 0.3) is 0 Å². The van der Waals surface area contributed by atoms with Gasteiger partial charge in [-0.3, -0.25) is 0 Å². The van der Waals surface area contributed by atoms with Gasteiger partial charge in [-0.15, -0.1) is 0 Å². The monoisotopic (exact) mass is 295 g/mol. The van der Waals surface area contributed by atoms with Gasteiger partial charge in [0.05, 0.1) is 0 Å². The van der Waals surface area contributed by atoms with Crippen molar-refractivity contribution in [2.24, 2.45) is 4.99 Å². The largest absolute Gasteiger partial charge is 0.424 e. The lowest BCUT2D eigenvalue weighted by Crippen LogP contribution is -2.42. The second-order valence-electron chi connectivity index (χ2n) is 4.95. The zero-order valence-electron chi connectivity index (χ0n) is 11.9. The van der Waals surface area contributed by atoms with E-state index in [0.717, 1.165) is 0 Å². The highest BCUT2D eigenvalue weighted by Gasteiger charge is 2.50. The number of cyclic esters (lactones) is 1. The third kappa shape index (κ3) is 2.48. The van der Waals surface area contributed by atoms with Crippen molar-refractivity contribution in [2.45, 2.75) is 12.5 Å². The molecule has 1 heterocycles. The maximum Gasteiger partial charge on any atom is 0.352 e. The van der Waals surface area contributed by atoms with E-state index in [1.54, 1.807) is 54.6 Å². The maximum absolute atomic E-state index is 12.3. The molecule has 3 rings (SSSR count). The van der Waals surface area contributed by atoms with Gasteiger partial charge >= 0.3 is 11.9 Å². The topological polar surface area (TPSA) is 65.0 Å². The molecular weight excluding hydrogens is 282 g/mol. The van der Waals surface area contributed by atoms with Crippen molar-refractivity contribution in [1.82, 2.24) is 0 Å². The zero-order valence-corrected chi connectivity index (χ0v) is 11.9. The van der Waals surface area contributed by atoms with E-state index >= 15 is 0 Å². The van der Waals surface area contributed by atoms with Gasteiger partial charge in [0.1, 0.15) is 5.75 Å². The van der Waals surface area contributed by atoms with E-state index in [9.17, 15) is 9.59 Å². The molecule has 0 spiro atoms. The highest BCUT2D eigenvalue weighted by atomic mass is 16.6. The van der Waals surface area contributed by atoms with Gasteiger partial charge in [0.2, 0.25) is 5.90 Å². The molecule has 1 aliphatic rings. The number of hydrogen-bond acceptors (Lipinski definition) is 5. The van der Waals surface area contributed by atoms with Gasteiger partial charge in [0.15, 0.2) is 0 Å². The highest BCUT2D eigenvalue weighted by molar-refractivity contribution is 6.17. The van der Waals surface area contributed by atoms with Crippen molar-refractivity contribution in [3.63, 3.8) is 0 Å². The Kier molecular flexibility index (Phi) is 3.47. The molecule has 110 valence electrons. The summed E-state index contributed by atoms with van der Waals surface area (Å²) in [6, 6.07) is 17.5. The Labute approximate surface area is 127 Å². The van der Waals surface area contributed by atoms with Crippen LogP contribution in [0.5, 0.6) is 5.75 Å². The fourth-order valence-corrected chi connectivity index (χ4v) is 1.99. The van der Waals surface area contributed by atoms with Gasteiger partial charge in [-0.25, -0.2) is 14.6 Å². The smallest absolute Gasteiger partial charge is 0.352 e. The lowest BCUT2D eigenvalue weighted by Gasteiger charge is -2.14. The number of carbonyl (C=O) groups is 2. The Bertz CT molecular complexity index is 740. The molecule has 1 unspecified atom stereocenters. The zero-order chi connectivity index (χ0) is 15.6. The molecule has 0 aliphatic carbocycles. The molecule has 0 bridgehead atoms. The number of aliphatic imine (C=N–C) groups is 1. The van der Waals surface area contributed by atoms with Gasteiger partial charge in [-0.1, -0.05) is 36.4 Å². The van der Waals surface area contributed by atoms with Crippen LogP contribution in [-0.2, 0) is 14.3 Å². The third-order valence-corrected chi connectivity index (χ3v) is 3.28. The van der Waals surface area contributed by atoms with Crippen LogP contribution in [0.3, 0.4) is 0 Å². The summed E-state index contributed by atoms with van der Waals surface area (Å²) in [6.45, 7) is 1.39. The molecule has 0 radical (unpaired) electrons. The van der Waals surface area contributed by atoms with E-state index in [1.807, 2.05) is 6.07 Å². The standard InChI is InChI=1S/C17H13NO4/c1-17(15(19)21-13-10-6-3-7-11-13)16(20)22-14(18-17)12-8-4-2-5-9-12/h2-11H,1H3. The number of carbonyl (C=O) groups excluding carboxylic acids is 2. The Morgan fingerprint density at radius 2 is 1.64 bits per heavy atom. The fourth-order valence-electron chi connectivity index (χ4n) is 1.99. The van der Waals surface area contributed by atoms with Crippen LogP contribution in [0.15, 0.2) is 65.7 Å². The van der Waals surface area contributed by atoms with Crippen molar-refractivity contribution in [2.75, 3.05) is 0 Å². The molecule has 2 aromatic rings. The summed E-state index contributed by atoms with van der Waals surface area (Å²) < 4.78 is 10.3. The van der Waals surface area contributed by atoms with Crippen LogP contribution in [0, 0.1) is 0 Å². The van der Waals surface area contributed by atoms with E-state index in [4.69, 9.17) is 9.47 Å². The highest BCUT2D eigenvalue weighted by Crippen LogP contribution is 2.25. The molecule has 0 aromatic heterocycles. The van der Waals surface area contributed by atoms with Crippen LogP contribution in [0.2, 0.25) is 0 Å². The first-order chi connectivity index (χ1) is 10.6. The van der Waals surface area contributed by atoms with E-state index in [1.165, 1.54) is 6.92 Å². The van der Waals surface area contributed by atoms with E-state index in [2.05, 4.69) is 4.99 Å². The van der Waals surface area contributed by atoms with Crippen LogP contribution in [0.1, 0.15) is 12.5 Å². The quantitative estimate of drug-likeness (QED) is 0.495. The minimum absolute atomic E-state index is 0.123. The lowest BCUT2D eigenvalue weighted by molar-refractivity contribution is -0.150. The third-order valence-electron chi connectivity index (χ3n) is 3.28. The van der Waals surface area contributed by atoms with Gasteiger partial charge in [-0.2, -0.15) is 0 Å². The number of benzene rings is 2. The Balaban J connectivity index is 1.87. The lowest BCUT2D eigenvalue weighted by atomic mass is 10.1. The van der Waals surface area contributed by atoms with E-state index in [0.29, 0.717) is 11.3 Å². The number of nitrogens with zero attached hydrogens (tertiary/aromatic N) is 1. The van der Waals surface area contributed by atoms with Crippen LogP contribution in [-0.4, -0.2) is 23.4 Å². The molecule has 1 atom stereocenters. The van der Waals surface area contributed by atoms with Gasteiger partial charge in [-0.05, 0) is 31.2 Å². The average Bonchev–Trinajstić information content (AvgIpc) is 2.86. The SMILES string of the molecule is CC1(C(=O)Oc2ccccc2)N=C(c2ccccc2)OC1=O. The molecule has 0 fully saturated rings. The van der Waals surface area contributed by atoms with Crippen molar-refractivity contribution in [1.29, 1.82) is 0 Å². The summed E-state index contributed by atoms with van der Waals surface area (Å²) >= 11 is 0. The summed E-state index contributed by atoms with van der Waals surface area (Å²) in [6.07, 6.45) is 0. The Morgan fingerprint density at radius 3 is 2.27 bits per heavy atom. The molecule has 0 amide bonds. The minimum atomic E-state index is -1.69. The number of ether oxygens (including phenoxy) is 2. The molecule has 5 nitrogen and oxygen atoms in total. The number of hydrogen-bond donors (Lipinski definition) is 0. The summed E-state index contributed by atoms with van der Waals surface area (Å²) in [5.41, 5.74) is -1.06. The van der Waals surface area contributed by atoms with Crippen molar-refractivity contribution in [3.05, 3.63) is 66.2 Å².